The second-order valence-corrected chi connectivity index (χ2v) is 17.5. The first-order chi connectivity index (χ1) is 15.0. The van der Waals surface area contributed by atoms with E-state index in [0.717, 1.165) is 10.4 Å². The molecule has 0 unspecified atom stereocenters. The molecular weight excluding hydrogens is 446 g/mol. The molecule has 0 spiro atoms. The quantitative estimate of drug-likeness (QED) is 0.462. The van der Waals surface area contributed by atoms with Crippen LogP contribution in [0.5, 0.6) is 0 Å². The van der Waals surface area contributed by atoms with Crippen LogP contribution in [0.4, 0.5) is 4.39 Å². The minimum atomic E-state index is -2.84. The normalized spacial score (nSPS) is 24.6. The molecule has 0 saturated carbocycles. The Kier molecular flexibility index (Phi) is 7.80. The Hall–Kier alpha value is -1.34. The maximum atomic E-state index is 14.7. The van der Waals surface area contributed by atoms with Crippen LogP contribution in [-0.4, -0.2) is 64.4 Å². The number of hydrogen-bond acceptors (Lipinski definition) is 5. The van der Waals surface area contributed by atoms with Crippen LogP contribution < -0.4 is 10.4 Å². The van der Waals surface area contributed by atoms with E-state index in [1.807, 2.05) is 36.4 Å². The summed E-state index contributed by atoms with van der Waals surface area (Å²) >= 11 is 0. The van der Waals surface area contributed by atoms with Gasteiger partial charge in [0.05, 0.1) is 6.61 Å². The first-order valence-corrected chi connectivity index (χ1v) is 15.5. The fourth-order valence-corrected chi connectivity index (χ4v) is 9.26. The molecule has 5 nitrogen and oxygen atoms in total. The van der Waals surface area contributed by atoms with Crippen LogP contribution in [0.3, 0.4) is 0 Å². The Balaban J connectivity index is 1.89. The van der Waals surface area contributed by atoms with Gasteiger partial charge in [-0.3, -0.25) is 0 Å². The third kappa shape index (κ3) is 5.41. The molecule has 1 aliphatic rings. The van der Waals surface area contributed by atoms with Gasteiger partial charge in [-0.15, -0.1) is 0 Å². The highest BCUT2D eigenvalue weighted by Gasteiger charge is 2.52. The molecule has 0 amide bonds. The summed E-state index contributed by atoms with van der Waals surface area (Å²) in [6.07, 6.45) is -5.36. The SMILES string of the molecule is CC(C)(C)[Si](OC[C@H]1O[C@H](OCP(C)(C)=O)[C@@H](F)[C@@H]1O)(c1ccccc1)c1ccccc1. The zero-order chi connectivity index (χ0) is 23.6. The first-order valence-electron chi connectivity index (χ1n) is 10.8. The molecule has 176 valence electrons. The smallest absolute Gasteiger partial charge is 0.261 e. The number of aliphatic hydroxyl groups is 1. The maximum absolute atomic E-state index is 14.7. The van der Waals surface area contributed by atoms with E-state index in [9.17, 15) is 14.1 Å². The van der Waals surface area contributed by atoms with Gasteiger partial charge in [-0.25, -0.2) is 4.39 Å². The molecule has 1 saturated heterocycles. The Labute approximate surface area is 191 Å². The number of alkyl halides is 1. The largest absolute Gasteiger partial charge is 0.405 e. The molecule has 2 aromatic rings. The Bertz CT molecular complexity index is 875. The van der Waals surface area contributed by atoms with Gasteiger partial charge in [-0.2, -0.15) is 0 Å². The fraction of sp³-hybridized carbons (Fsp3) is 0.500. The van der Waals surface area contributed by atoms with Crippen LogP contribution in [0.25, 0.3) is 0 Å². The number of hydrogen-bond donors (Lipinski definition) is 1. The third-order valence-electron chi connectivity index (χ3n) is 5.71. The topological polar surface area (TPSA) is 65.0 Å². The van der Waals surface area contributed by atoms with Gasteiger partial charge < -0.3 is 23.6 Å². The lowest BCUT2D eigenvalue weighted by atomic mass is 10.2. The van der Waals surface area contributed by atoms with E-state index in [0.29, 0.717) is 0 Å². The summed E-state index contributed by atoms with van der Waals surface area (Å²) in [5.41, 5.74) is 0. The maximum Gasteiger partial charge on any atom is 0.261 e. The lowest BCUT2D eigenvalue weighted by Crippen LogP contribution is -2.67. The van der Waals surface area contributed by atoms with Gasteiger partial charge in [0.25, 0.3) is 8.32 Å². The average molecular weight is 481 g/mol. The van der Waals surface area contributed by atoms with E-state index < -0.39 is 40.1 Å². The lowest BCUT2D eigenvalue weighted by Gasteiger charge is -2.43. The number of ether oxygens (including phenoxy) is 2. The molecule has 1 aliphatic heterocycles. The van der Waals surface area contributed by atoms with Gasteiger partial charge >= 0.3 is 0 Å². The van der Waals surface area contributed by atoms with Crippen LogP contribution in [-0.2, 0) is 18.5 Å². The van der Waals surface area contributed by atoms with E-state index in [-0.39, 0.29) is 18.0 Å². The van der Waals surface area contributed by atoms with Gasteiger partial charge in [0.15, 0.2) is 12.5 Å². The number of benzene rings is 2. The van der Waals surface area contributed by atoms with E-state index in [2.05, 4.69) is 45.0 Å². The highest BCUT2D eigenvalue weighted by molar-refractivity contribution is 7.62. The van der Waals surface area contributed by atoms with E-state index >= 15 is 0 Å². The van der Waals surface area contributed by atoms with Crippen LogP contribution in [0.2, 0.25) is 5.04 Å². The number of aliphatic hydroxyl groups excluding tert-OH is 1. The molecule has 32 heavy (non-hydrogen) atoms. The van der Waals surface area contributed by atoms with Crippen LogP contribution in [0.1, 0.15) is 20.8 Å². The molecule has 1 heterocycles. The van der Waals surface area contributed by atoms with E-state index in [1.165, 1.54) is 0 Å². The van der Waals surface area contributed by atoms with Crippen molar-refractivity contribution in [3.63, 3.8) is 0 Å². The van der Waals surface area contributed by atoms with E-state index in [1.54, 1.807) is 13.3 Å². The van der Waals surface area contributed by atoms with Crippen molar-refractivity contribution in [2.75, 3.05) is 26.3 Å². The average Bonchev–Trinajstić information content (AvgIpc) is 3.01. The predicted molar refractivity (Wildman–Crippen MR) is 129 cm³/mol. The van der Waals surface area contributed by atoms with Crippen LogP contribution >= 0.6 is 7.14 Å². The minimum absolute atomic E-state index is 0.0185. The van der Waals surface area contributed by atoms with Crippen molar-refractivity contribution in [1.29, 1.82) is 0 Å². The molecule has 0 aromatic heterocycles. The summed E-state index contributed by atoms with van der Waals surface area (Å²) < 4.78 is 44.4. The molecule has 1 fully saturated rings. The van der Waals surface area contributed by atoms with Crippen molar-refractivity contribution in [3.8, 4) is 0 Å². The molecule has 0 radical (unpaired) electrons. The second-order valence-electron chi connectivity index (χ2n) is 9.82. The highest BCUT2D eigenvalue weighted by Crippen LogP contribution is 2.39. The fourth-order valence-electron chi connectivity index (χ4n) is 4.18. The van der Waals surface area contributed by atoms with Gasteiger partial charge in [-0.1, -0.05) is 81.4 Å². The third-order valence-corrected chi connectivity index (χ3v) is 11.5. The minimum Gasteiger partial charge on any atom is -0.405 e. The summed E-state index contributed by atoms with van der Waals surface area (Å²) in [5.74, 6) is 0. The van der Waals surface area contributed by atoms with Gasteiger partial charge in [-0.05, 0) is 28.7 Å². The Morgan fingerprint density at radius 2 is 1.53 bits per heavy atom. The van der Waals surface area contributed by atoms with Crippen molar-refractivity contribution in [1.82, 2.24) is 0 Å². The van der Waals surface area contributed by atoms with Crippen LogP contribution in [0.15, 0.2) is 60.7 Å². The number of halogens is 1. The molecular formula is C24H34FO5PSi. The molecule has 1 N–H and O–H groups in total. The zero-order valence-corrected chi connectivity index (χ0v) is 21.3. The molecule has 4 atom stereocenters. The lowest BCUT2D eigenvalue weighted by molar-refractivity contribution is -0.146. The predicted octanol–water partition coefficient (Wildman–Crippen LogP) is 3.58. The van der Waals surface area contributed by atoms with Crippen molar-refractivity contribution >= 4 is 25.8 Å². The zero-order valence-electron chi connectivity index (χ0n) is 19.4. The van der Waals surface area contributed by atoms with E-state index in [4.69, 9.17) is 13.9 Å². The van der Waals surface area contributed by atoms with Crippen molar-refractivity contribution in [3.05, 3.63) is 60.7 Å². The Morgan fingerprint density at radius 1 is 1.03 bits per heavy atom. The molecule has 8 heteroatoms. The molecule has 2 aromatic carbocycles. The summed E-state index contributed by atoms with van der Waals surface area (Å²) in [6, 6.07) is 20.2. The summed E-state index contributed by atoms with van der Waals surface area (Å²) in [7, 11) is -5.34. The molecule has 0 bridgehead atoms. The Morgan fingerprint density at radius 3 is 1.97 bits per heavy atom. The van der Waals surface area contributed by atoms with Gasteiger partial charge in [0, 0.05) is 0 Å². The van der Waals surface area contributed by atoms with Crippen LogP contribution in [0, 0.1) is 0 Å². The molecule has 0 aliphatic carbocycles. The summed E-state index contributed by atoms with van der Waals surface area (Å²) in [4.78, 5) is 0. The number of rotatable bonds is 8. The van der Waals surface area contributed by atoms with Crippen molar-refractivity contribution in [2.45, 2.75) is 50.5 Å². The summed E-state index contributed by atoms with van der Waals surface area (Å²) in [5, 5.41) is 12.4. The van der Waals surface area contributed by atoms with Gasteiger partial charge in [0.1, 0.15) is 25.7 Å². The van der Waals surface area contributed by atoms with Crippen molar-refractivity contribution < 1.29 is 28.0 Å². The first kappa shape index (κ1) is 25.3. The molecule has 3 rings (SSSR count). The monoisotopic (exact) mass is 480 g/mol. The second kappa shape index (κ2) is 9.88. The summed E-state index contributed by atoms with van der Waals surface area (Å²) in [6.45, 7) is 9.59. The van der Waals surface area contributed by atoms with Gasteiger partial charge in [0.2, 0.25) is 0 Å². The highest BCUT2D eigenvalue weighted by atomic mass is 31.2. The van der Waals surface area contributed by atoms with Crippen molar-refractivity contribution in [2.24, 2.45) is 0 Å². The standard InChI is InChI=1S/C24H34FO5PSi/c1-24(2,3)32(18-12-8-6-9-13-18,19-14-10-7-11-15-19)29-16-20-22(26)21(25)23(30-20)28-17-31(4,5)27/h6-15,20-23,26H,16-17H2,1-5H3/t20-,21+,22-,23+/m1/s1.